The Kier molecular flexibility index (Phi) is 3.26. The highest BCUT2D eigenvalue weighted by Gasteiger charge is 2.05. The zero-order chi connectivity index (χ0) is 10.8. The average molecular weight is 213 g/mol. The quantitative estimate of drug-likeness (QED) is 0.768. The molecule has 1 rings (SSSR count). The Morgan fingerprint density at radius 3 is 2.36 bits per heavy atom. The lowest BCUT2D eigenvalue weighted by molar-refractivity contribution is 0.601. The van der Waals surface area contributed by atoms with Crippen molar-refractivity contribution in [3.63, 3.8) is 0 Å². The molecule has 0 aliphatic carbocycles. The molecule has 14 heavy (non-hydrogen) atoms. The van der Waals surface area contributed by atoms with Gasteiger partial charge in [-0.2, -0.15) is 0 Å². The van der Waals surface area contributed by atoms with Gasteiger partial charge in [-0.3, -0.25) is 4.98 Å². The van der Waals surface area contributed by atoms with Crippen molar-refractivity contribution in [2.75, 3.05) is 6.26 Å². The molecule has 1 aromatic rings. The third-order valence-electron chi connectivity index (χ3n) is 1.87. The molecule has 0 unspecified atom stereocenters. The summed E-state index contributed by atoms with van der Waals surface area (Å²) >= 11 is 0. The van der Waals surface area contributed by atoms with E-state index in [1.165, 1.54) is 6.26 Å². The fraction of sp³-hybridized carbons (Fsp3) is 0.500. The van der Waals surface area contributed by atoms with Gasteiger partial charge in [-0.1, -0.05) is 19.9 Å². The molecule has 0 fully saturated rings. The number of hydrogen-bond acceptors (Lipinski definition) is 3. The number of nitrogens with zero attached hydrogens (tertiary/aromatic N) is 1. The van der Waals surface area contributed by atoms with E-state index in [1.807, 2.05) is 12.1 Å². The topological polar surface area (TPSA) is 47.0 Å². The van der Waals surface area contributed by atoms with E-state index in [1.54, 1.807) is 6.20 Å². The van der Waals surface area contributed by atoms with Crippen LogP contribution in [0.5, 0.6) is 0 Å². The van der Waals surface area contributed by atoms with Crippen molar-refractivity contribution in [1.82, 2.24) is 4.98 Å². The summed E-state index contributed by atoms with van der Waals surface area (Å²) in [4.78, 5) is 4.20. The predicted molar refractivity (Wildman–Crippen MR) is 56.9 cm³/mol. The largest absolute Gasteiger partial charge is 0.261 e. The SMILES string of the molecule is CC(C)c1ccc(CS(C)(=O)=O)cn1. The van der Waals surface area contributed by atoms with E-state index < -0.39 is 9.84 Å². The fourth-order valence-electron chi connectivity index (χ4n) is 1.17. The van der Waals surface area contributed by atoms with E-state index in [2.05, 4.69) is 18.8 Å². The van der Waals surface area contributed by atoms with Crippen LogP contribution < -0.4 is 0 Å². The molecular formula is C10H15NO2S. The first-order chi connectivity index (χ1) is 6.38. The summed E-state index contributed by atoms with van der Waals surface area (Å²) in [5, 5.41) is 0. The summed E-state index contributed by atoms with van der Waals surface area (Å²) in [5.74, 6) is 0.445. The molecule has 0 amide bonds. The summed E-state index contributed by atoms with van der Waals surface area (Å²) in [5.41, 5.74) is 1.74. The molecule has 78 valence electrons. The van der Waals surface area contributed by atoms with Gasteiger partial charge in [-0.05, 0) is 17.5 Å². The number of sulfone groups is 1. The molecule has 0 aliphatic heterocycles. The maximum absolute atomic E-state index is 11.0. The molecule has 0 aromatic carbocycles. The fourth-order valence-corrected chi connectivity index (χ4v) is 1.94. The van der Waals surface area contributed by atoms with Crippen molar-refractivity contribution >= 4 is 9.84 Å². The van der Waals surface area contributed by atoms with Crippen LogP contribution in [0, 0.1) is 0 Å². The summed E-state index contributed by atoms with van der Waals surface area (Å²) < 4.78 is 22.0. The van der Waals surface area contributed by atoms with Gasteiger partial charge in [-0.15, -0.1) is 0 Å². The normalized spacial score (nSPS) is 12.0. The average Bonchev–Trinajstić information content (AvgIpc) is 2.02. The van der Waals surface area contributed by atoms with E-state index in [0.717, 1.165) is 11.3 Å². The van der Waals surface area contributed by atoms with Gasteiger partial charge in [0.15, 0.2) is 9.84 Å². The van der Waals surface area contributed by atoms with Crippen LogP contribution >= 0.6 is 0 Å². The molecule has 0 aliphatic rings. The van der Waals surface area contributed by atoms with E-state index in [-0.39, 0.29) is 5.75 Å². The molecule has 0 atom stereocenters. The van der Waals surface area contributed by atoms with Gasteiger partial charge in [0.1, 0.15) is 0 Å². The first-order valence-electron chi connectivity index (χ1n) is 4.51. The smallest absolute Gasteiger partial charge is 0.151 e. The second kappa shape index (κ2) is 4.09. The predicted octanol–water partition coefficient (Wildman–Crippen LogP) is 1.75. The van der Waals surface area contributed by atoms with Crippen LogP contribution in [0.4, 0.5) is 0 Å². The standard InChI is InChI=1S/C10H15NO2S/c1-8(2)10-5-4-9(6-11-10)7-14(3,12)13/h4-6,8H,7H2,1-3H3. The Labute approximate surface area is 85.1 Å². The maximum Gasteiger partial charge on any atom is 0.151 e. The van der Waals surface area contributed by atoms with Crippen LogP contribution in [0.1, 0.15) is 31.0 Å². The second-order valence-corrected chi connectivity index (χ2v) is 5.96. The Morgan fingerprint density at radius 2 is 2.00 bits per heavy atom. The molecule has 4 heteroatoms. The van der Waals surface area contributed by atoms with Crippen molar-refractivity contribution in [3.8, 4) is 0 Å². The van der Waals surface area contributed by atoms with Crippen LogP contribution in [-0.4, -0.2) is 19.7 Å². The molecule has 0 bridgehead atoms. The molecule has 1 heterocycles. The van der Waals surface area contributed by atoms with E-state index in [0.29, 0.717) is 5.92 Å². The molecule has 1 aromatic heterocycles. The van der Waals surface area contributed by atoms with Gasteiger partial charge >= 0.3 is 0 Å². The zero-order valence-corrected chi connectivity index (χ0v) is 9.50. The van der Waals surface area contributed by atoms with E-state index >= 15 is 0 Å². The third-order valence-corrected chi connectivity index (χ3v) is 2.73. The molecule has 0 radical (unpaired) electrons. The van der Waals surface area contributed by atoms with Gasteiger partial charge < -0.3 is 0 Å². The van der Waals surface area contributed by atoms with Crippen LogP contribution in [0.15, 0.2) is 18.3 Å². The number of aromatic nitrogens is 1. The lowest BCUT2D eigenvalue weighted by atomic mass is 10.1. The van der Waals surface area contributed by atoms with Crippen LogP contribution in [0.25, 0.3) is 0 Å². The van der Waals surface area contributed by atoms with Crippen molar-refractivity contribution in [2.45, 2.75) is 25.5 Å². The zero-order valence-electron chi connectivity index (χ0n) is 8.69. The summed E-state index contributed by atoms with van der Waals surface area (Å²) in [6.45, 7) is 4.11. The van der Waals surface area contributed by atoms with Crippen molar-refractivity contribution in [1.29, 1.82) is 0 Å². The Bertz CT molecular complexity index is 393. The van der Waals surface area contributed by atoms with Crippen LogP contribution in [-0.2, 0) is 15.6 Å². The highest BCUT2D eigenvalue weighted by atomic mass is 32.2. The molecule has 0 spiro atoms. The summed E-state index contributed by atoms with van der Waals surface area (Å²) in [6.07, 6.45) is 2.86. The number of pyridine rings is 1. The Morgan fingerprint density at radius 1 is 1.36 bits per heavy atom. The molecule has 3 nitrogen and oxygen atoms in total. The molecule has 0 saturated heterocycles. The molecular weight excluding hydrogens is 198 g/mol. The minimum Gasteiger partial charge on any atom is -0.261 e. The van der Waals surface area contributed by atoms with Crippen LogP contribution in [0.2, 0.25) is 0 Å². The van der Waals surface area contributed by atoms with Gasteiger partial charge in [0.25, 0.3) is 0 Å². The Hall–Kier alpha value is -0.900. The maximum atomic E-state index is 11.0. The lowest BCUT2D eigenvalue weighted by Crippen LogP contribution is -2.02. The third kappa shape index (κ3) is 3.46. The summed E-state index contributed by atoms with van der Waals surface area (Å²) in [7, 11) is -2.95. The van der Waals surface area contributed by atoms with Gasteiger partial charge in [0.05, 0.1) is 5.75 Å². The first kappa shape index (κ1) is 11.2. The van der Waals surface area contributed by atoms with Crippen molar-refractivity contribution < 1.29 is 8.42 Å². The van der Waals surface area contributed by atoms with E-state index in [4.69, 9.17) is 0 Å². The van der Waals surface area contributed by atoms with E-state index in [9.17, 15) is 8.42 Å². The molecule has 0 saturated carbocycles. The Balaban J connectivity index is 2.84. The first-order valence-corrected chi connectivity index (χ1v) is 6.57. The second-order valence-electron chi connectivity index (χ2n) is 3.82. The highest BCUT2D eigenvalue weighted by Crippen LogP contribution is 2.12. The minimum absolute atomic E-state index is 0.0678. The van der Waals surface area contributed by atoms with Crippen LogP contribution in [0.3, 0.4) is 0 Å². The number of hydrogen-bond donors (Lipinski definition) is 0. The molecule has 0 N–H and O–H groups in total. The lowest BCUT2D eigenvalue weighted by Gasteiger charge is -2.04. The monoisotopic (exact) mass is 213 g/mol. The van der Waals surface area contributed by atoms with Gasteiger partial charge in [0.2, 0.25) is 0 Å². The minimum atomic E-state index is -2.95. The van der Waals surface area contributed by atoms with Gasteiger partial charge in [-0.25, -0.2) is 8.42 Å². The van der Waals surface area contributed by atoms with Crippen molar-refractivity contribution in [3.05, 3.63) is 29.6 Å². The van der Waals surface area contributed by atoms with Crippen molar-refractivity contribution in [2.24, 2.45) is 0 Å². The number of rotatable bonds is 3. The highest BCUT2D eigenvalue weighted by molar-refractivity contribution is 7.89. The summed E-state index contributed by atoms with van der Waals surface area (Å²) in [6, 6.07) is 3.70. The van der Waals surface area contributed by atoms with Gasteiger partial charge in [0, 0.05) is 18.1 Å².